The van der Waals surface area contributed by atoms with Gasteiger partial charge >= 0.3 is 0 Å². The van der Waals surface area contributed by atoms with Gasteiger partial charge in [-0.1, -0.05) is 29.3 Å². The van der Waals surface area contributed by atoms with Crippen LogP contribution in [0.3, 0.4) is 0 Å². The molecule has 1 unspecified atom stereocenters. The summed E-state index contributed by atoms with van der Waals surface area (Å²) in [6.45, 7) is 1.37. The number of carbonyl (C=O) groups excluding carboxylic acids is 1. The van der Waals surface area contributed by atoms with Gasteiger partial charge in [-0.25, -0.2) is 0 Å². The summed E-state index contributed by atoms with van der Waals surface area (Å²) in [7, 11) is 0. The van der Waals surface area contributed by atoms with Crippen LogP contribution in [0.15, 0.2) is 18.2 Å². The van der Waals surface area contributed by atoms with Crippen molar-refractivity contribution in [1.29, 1.82) is 5.26 Å². The number of nitriles is 1. The van der Waals surface area contributed by atoms with E-state index < -0.39 is 5.92 Å². The molecule has 0 aliphatic rings. The molecular formula is C10H7Cl2NO. The molecule has 0 bridgehead atoms. The van der Waals surface area contributed by atoms with Gasteiger partial charge in [-0.3, -0.25) is 4.79 Å². The van der Waals surface area contributed by atoms with E-state index in [4.69, 9.17) is 28.5 Å². The maximum atomic E-state index is 11.1. The highest BCUT2D eigenvalue weighted by molar-refractivity contribution is 6.42. The van der Waals surface area contributed by atoms with Gasteiger partial charge in [0, 0.05) is 0 Å². The minimum absolute atomic E-state index is 0.203. The lowest BCUT2D eigenvalue weighted by Crippen LogP contribution is -2.05. The van der Waals surface area contributed by atoms with Crippen LogP contribution in [-0.2, 0) is 4.79 Å². The van der Waals surface area contributed by atoms with Gasteiger partial charge in [0.25, 0.3) is 0 Å². The van der Waals surface area contributed by atoms with Crippen molar-refractivity contribution in [1.82, 2.24) is 0 Å². The molecule has 0 aliphatic heterocycles. The lowest BCUT2D eigenvalue weighted by Gasteiger charge is -2.06. The van der Waals surface area contributed by atoms with Crippen molar-refractivity contribution in [3.05, 3.63) is 33.8 Å². The van der Waals surface area contributed by atoms with Crippen LogP contribution >= 0.6 is 23.2 Å². The molecular weight excluding hydrogens is 221 g/mol. The van der Waals surface area contributed by atoms with Gasteiger partial charge in [0.1, 0.15) is 5.92 Å². The molecule has 1 aromatic carbocycles. The average molecular weight is 228 g/mol. The zero-order valence-electron chi connectivity index (χ0n) is 7.42. The summed E-state index contributed by atoms with van der Waals surface area (Å²) in [5.41, 5.74) is 0.578. The van der Waals surface area contributed by atoms with Crippen molar-refractivity contribution in [2.45, 2.75) is 12.8 Å². The van der Waals surface area contributed by atoms with Gasteiger partial charge in [-0.15, -0.1) is 0 Å². The Kier molecular flexibility index (Phi) is 3.51. The fraction of sp³-hybridized carbons (Fsp3) is 0.200. The highest BCUT2D eigenvalue weighted by Gasteiger charge is 2.16. The number of rotatable bonds is 2. The Labute approximate surface area is 92.1 Å². The van der Waals surface area contributed by atoms with Crippen molar-refractivity contribution in [2.24, 2.45) is 0 Å². The summed E-state index contributed by atoms with van der Waals surface area (Å²) in [5, 5.41) is 9.53. The second kappa shape index (κ2) is 4.45. The number of ketones is 1. The first kappa shape index (κ1) is 11.0. The molecule has 0 radical (unpaired) electrons. The van der Waals surface area contributed by atoms with Gasteiger partial charge in [0.15, 0.2) is 5.78 Å². The van der Waals surface area contributed by atoms with Crippen LogP contribution in [0, 0.1) is 11.3 Å². The number of hydrogen-bond acceptors (Lipinski definition) is 2. The molecule has 0 aliphatic carbocycles. The third-order valence-electron chi connectivity index (χ3n) is 1.81. The number of nitrogens with zero attached hydrogens (tertiary/aromatic N) is 1. The summed E-state index contributed by atoms with van der Waals surface area (Å²) in [6, 6.07) is 6.66. The van der Waals surface area contributed by atoms with Crippen LogP contribution in [0.4, 0.5) is 0 Å². The van der Waals surface area contributed by atoms with Crippen molar-refractivity contribution in [2.75, 3.05) is 0 Å². The summed E-state index contributed by atoms with van der Waals surface area (Å²) in [5.74, 6) is -0.962. The highest BCUT2D eigenvalue weighted by atomic mass is 35.5. The maximum Gasteiger partial charge on any atom is 0.151 e. The maximum absolute atomic E-state index is 11.1. The molecule has 0 heterocycles. The number of Topliss-reactive ketones (excluding diaryl/α,β-unsaturated/α-hetero) is 1. The van der Waals surface area contributed by atoms with E-state index in [-0.39, 0.29) is 5.78 Å². The minimum Gasteiger partial charge on any atom is -0.298 e. The van der Waals surface area contributed by atoms with Crippen molar-refractivity contribution < 1.29 is 4.79 Å². The lowest BCUT2D eigenvalue weighted by molar-refractivity contribution is -0.117. The van der Waals surface area contributed by atoms with E-state index in [0.717, 1.165) is 0 Å². The summed E-state index contributed by atoms with van der Waals surface area (Å²) < 4.78 is 0. The van der Waals surface area contributed by atoms with Crippen molar-refractivity contribution in [3.63, 3.8) is 0 Å². The number of halogens is 2. The summed E-state index contributed by atoms with van der Waals surface area (Å²) in [4.78, 5) is 11.1. The Morgan fingerprint density at radius 1 is 1.43 bits per heavy atom. The molecule has 0 saturated heterocycles. The number of carbonyl (C=O) groups is 1. The van der Waals surface area contributed by atoms with E-state index in [1.165, 1.54) is 6.92 Å². The van der Waals surface area contributed by atoms with Crippen molar-refractivity contribution in [3.8, 4) is 6.07 Å². The Hall–Kier alpha value is -1.04. The zero-order chi connectivity index (χ0) is 10.7. The Morgan fingerprint density at radius 2 is 2.07 bits per heavy atom. The molecule has 0 N–H and O–H groups in total. The van der Waals surface area contributed by atoms with E-state index in [9.17, 15) is 4.79 Å². The van der Waals surface area contributed by atoms with Gasteiger partial charge in [0.05, 0.1) is 16.1 Å². The number of hydrogen-bond donors (Lipinski definition) is 0. The predicted octanol–water partition coefficient (Wildman–Crippen LogP) is 3.19. The third kappa shape index (κ3) is 2.25. The van der Waals surface area contributed by atoms with Crippen LogP contribution in [0.25, 0.3) is 0 Å². The topological polar surface area (TPSA) is 40.9 Å². The van der Waals surface area contributed by atoms with E-state index in [1.54, 1.807) is 18.2 Å². The van der Waals surface area contributed by atoms with Crippen molar-refractivity contribution >= 4 is 29.0 Å². The first-order valence-electron chi connectivity index (χ1n) is 3.91. The average Bonchev–Trinajstić information content (AvgIpc) is 2.11. The first-order valence-corrected chi connectivity index (χ1v) is 4.67. The van der Waals surface area contributed by atoms with Gasteiger partial charge in [0.2, 0.25) is 0 Å². The van der Waals surface area contributed by atoms with Crippen LogP contribution in [-0.4, -0.2) is 5.78 Å². The van der Waals surface area contributed by atoms with Gasteiger partial charge < -0.3 is 0 Å². The van der Waals surface area contributed by atoms with Crippen LogP contribution in [0.5, 0.6) is 0 Å². The van der Waals surface area contributed by atoms with Crippen LogP contribution in [0.2, 0.25) is 10.0 Å². The fourth-order valence-corrected chi connectivity index (χ4v) is 1.40. The largest absolute Gasteiger partial charge is 0.298 e. The summed E-state index contributed by atoms with van der Waals surface area (Å²) >= 11 is 11.5. The first-order chi connectivity index (χ1) is 6.56. The quantitative estimate of drug-likeness (QED) is 0.779. The predicted molar refractivity (Wildman–Crippen MR) is 55.5 cm³/mol. The Bertz CT molecular complexity index is 409. The monoisotopic (exact) mass is 227 g/mol. The van der Waals surface area contributed by atoms with Crippen LogP contribution < -0.4 is 0 Å². The second-order valence-corrected chi connectivity index (χ2v) is 3.66. The smallest absolute Gasteiger partial charge is 0.151 e. The zero-order valence-corrected chi connectivity index (χ0v) is 8.93. The normalized spacial score (nSPS) is 11.9. The molecule has 0 saturated carbocycles. The van der Waals surface area contributed by atoms with E-state index in [2.05, 4.69) is 0 Å². The minimum atomic E-state index is -0.759. The molecule has 0 fully saturated rings. The molecule has 14 heavy (non-hydrogen) atoms. The van der Waals surface area contributed by atoms with E-state index in [0.29, 0.717) is 15.6 Å². The molecule has 4 heteroatoms. The second-order valence-electron chi connectivity index (χ2n) is 2.85. The Balaban J connectivity index is 3.14. The van der Waals surface area contributed by atoms with Crippen LogP contribution in [0.1, 0.15) is 18.4 Å². The molecule has 1 rings (SSSR count). The molecule has 72 valence electrons. The Morgan fingerprint density at radius 3 is 2.50 bits per heavy atom. The highest BCUT2D eigenvalue weighted by Crippen LogP contribution is 2.26. The fourth-order valence-electron chi connectivity index (χ4n) is 1.09. The molecule has 0 spiro atoms. The molecule has 2 nitrogen and oxygen atoms in total. The molecule has 0 aromatic heterocycles. The van der Waals surface area contributed by atoms with Gasteiger partial charge in [-0.05, 0) is 24.6 Å². The van der Waals surface area contributed by atoms with E-state index >= 15 is 0 Å². The molecule has 1 atom stereocenters. The number of benzene rings is 1. The molecule has 0 amide bonds. The SMILES string of the molecule is CC(=O)C(C#N)c1ccc(Cl)c(Cl)c1. The summed E-state index contributed by atoms with van der Waals surface area (Å²) in [6.07, 6.45) is 0. The van der Waals surface area contributed by atoms with E-state index in [1.807, 2.05) is 6.07 Å². The van der Waals surface area contributed by atoms with Gasteiger partial charge in [-0.2, -0.15) is 5.26 Å². The standard InChI is InChI=1S/C10H7Cl2NO/c1-6(14)8(5-13)7-2-3-9(11)10(12)4-7/h2-4,8H,1H3. The third-order valence-corrected chi connectivity index (χ3v) is 2.55. The molecule has 1 aromatic rings. The lowest BCUT2D eigenvalue weighted by atomic mass is 9.97.